The van der Waals surface area contributed by atoms with E-state index in [1.54, 1.807) is 0 Å². The minimum absolute atomic E-state index is 0.00593. The normalized spacial score (nSPS) is 10.6. The molecule has 0 atom stereocenters. The van der Waals surface area contributed by atoms with Gasteiger partial charge in [-0.1, -0.05) is 29.8 Å². The first-order valence-electron chi connectivity index (χ1n) is 5.99. The molecule has 6 heteroatoms. The molecule has 1 aromatic carbocycles. The maximum atomic E-state index is 11.5. The molecule has 3 nitrogen and oxygen atoms in total. The second kappa shape index (κ2) is 6.52. The van der Waals surface area contributed by atoms with Gasteiger partial charge in [-0.3, -0.25) is 4.79 Å². The first kappa shape index (κ1) is 15.2. The Kier molecular flexibility index (Phi) is 4.96. The van der Waals surface area contributed by atoms with Crippen LogP contribution in [-0.2, 0) is 6.54 Å². The maximum Gasteiger partial charge on any atom is 0.171 e. The molecule has 0 bridgehead atoms. The molecule has 0 radical (unpaired) electrons. The van der Waals surface area contributed by atoms with E-state index in [9.17, 15) is 4.79 Å². The summed E-state index contributed by atoms with van der Waals surface area (Å²) in [6.45, 7) is 2.13. The summed E-state index contributed by atoms with van der Waals surface area (Å²) in [5.41, 5.74) is 7.60. The van der Waals surface area contributed by atoms with Crippen LogP contribution in [0.2, 0.25) is 5.02 Å². The summed E-state index contributed by atoms with van der Waals surface area (Å²) >= 11 is 9.06. The standard InChI is InChI=1S/C14H15ClN2OS2/c1-8(18)12-11(16)13(19-2)14(20-12)17-7-9-5-3-4-6-10(9)15/h3-6,17H,7,16H2,1-2H3. The fourth-order valence-electron chi connectivity index (χ4n) is 1.83. The Labute approximate surface area is 131 Å². The topological polar surface area (TPSA) is 55.1 Å². The van der Waals surface area contributed by atoms with Gasteiger partial charge in [-0.2, -0.15) is 0 Å². The zero-order chi connectivity index (χ0) is 14.7. The second-order valence-electron chi connectivity index (χ2n) is 4.21. The highest BCUT2D eigenvalue weighted by atomic mass is 35.5. The lowest BCUT2D eigenvalue weighted by Crippen LogP contribution is -1.99. The Bertz CT molecular complexity index is 640. The van der Waals surface area contributed by atoms with Gasteiger partial charge in [0.1, 0.15) is 5.00 Å². The number of halogens is 1. The van der Waals surface area contributed by atoms with Crippen LogP contribution in [-0.4, -0.2) is 12.0 Å². The van der Waals surface area contributed by atoms with Gasteiger partial charge in [-0.05, 0) is 17.9 Å². The number of nitrogens with one attached hydrogen (secondary N) is 1. The van der Waals surface area contributed by atoms with Crippen molar-refractivity contribution in [3.63, 3.8) is 0 Å². The molecule has 1 heterocycles. The SMILES string of the molecule is CSc1c(NCc2ccccc2Cl)sc(C(C)=O)c1N. The van der Waals surface area contributed by atoms with E-state index in [4.69, 9.17) is 17.3 Å². The summed E-state index contributed by atoms with van der Waals surface area (Å²) in [6.07, 6.45) is 1.95. The Morgan fingerprint density at radius 1 is 1.45 bits per heavy atom. The van der Waals surface area contributed by atoms with Crippen molar-refractivity contribution in [1.82, 2.24) is 0 Å². The van der Waals surface area contributed by atoms with Gasteiger partial charge in [0.05, 0.1) is 15.5 Å². The second-order valence-corrected chi connectivity index (χ2v) is 6.45. The van der Waals surface area contributed by atoms with Gasteiger partial charge in [-0.25, -0.2) is 0 Å². The minimum atomic E-state index is -0.00593. The van der Waals surface area contributed by atoms with Crippen LogP contribution < -0.4 is 11.1 Å². The average molecular weight is 327 g/mol. The van der Waals surface area contributed by atoms with E-state index >= 15 is 0 Å². The smallest absolute Gasteiger partial charge is 0.171 e. The van der Waals surface area contributed by atoms with Crippen LogP contribution in [0.1, 0.15) is 22.2 Å². The van der Waals surface area contributed by atoms with Crippen molar-refractivity contribution in [3.05, 3.63) is 39.7 Å². The zero-order valence-electron chi connectivity index (χ0n) is 11.2. The number of nitrogen functional groups attached to an aromatic ring is 1. The molecule has 0 aliphatic rings. The van der Waals surface area contributed by atoms with Crippen LogP contribution in [0, 0.1) is 0 Å². The van der Waals surface area contributed by atoms with Crippen molar-refractivity contribution in [2.45, 2.75) is 18.4 Å². The van der Waals surface area contributed by atoms with Gasteiger partial charge in [-0.15, -0.1) is 23.1 Å². The Balaban J connectivity index is 2.24. The molecule has 1 aromatic heterocycles. The van der Waals surface area contributed by atoms with E-state index in [2.05, 4.69) is 5.32 Å². The van der Waals surface area contributed by atoms with Gasteiger partial charge in [0.15, 0.2) is 5.78 Å². The molecular formula is C14H15ClN2OS2. The number of carbonyl (C=O) groups is 1. The van der Waals surface area contributed by atoms with Crippen LogP contribution in [0.3, 0.4) is 0 Å². The number of ketones is 1. The number of thioether (sulfide) groups is 1. The van der Waals surface area contributed by atoms with E-state index in [-0.39, 0.29) is 5.78 Å². The molecule has 0 unspecified atom stereocenters. The minimum Gasteiger partial charge on any atom is -0.396 e. The molecule has 2 aromatic rings. The number of carbonyl (C=O) groups excluding carboxylic acids is 1. The summed E-state index contributed by atoms with van der Waals surface area (Å²) in [5.74, 6) is -0.00593. The number of hydrogen-bond acceptors (Lipinski definition) is 5. The summed E-state index contributed by atoms with van der Waals surface area (Å²) in [4.78, 5) is 13.1. The monoisotopic (exact) mass is 326 g/mol. The lowest BCUT2D eigenvalue weighted by molar-refractivity contribution is 0.102. The highest BCUT2D eigenvalue weighted by molar-refractivity contribution is 7.99. The summed E-state index contributed by atoms with van der Waals surface area (Å²) in [6, 6.07) is 7.67. The number of nitrogens with two attached hydrogens (primary N) is 1. The quantitative estimate of drug-likeness (QED) is 0.626. The number of hydrogen-bond donors (Lipinski definition) is 2. The third-order valence-corrected chi connectivity index (χ3v) is 5.42. The lowest BCUT2D eigenvalue weighted by atomic mass is 10.2. The van der Waals surface area contributed by atoms with Gasteiger partial charge in [0, 0.05) is 18.5 Å². The first-order valence-corrected chi connectivity index (χ1v) is 8.41. The van der Waals surface area contributed by atoms with Crippen molar-refractivity contribution in [2.75, 3.05) is 17.3 Å². The van der Waals surface area contributed by atoms with Gasteiger partial charge < -0.3 is 11.1 Å². The Morgan fingerprint density at radius 2 is 2.15 bits per heavy atom. The molecule has 0 saturated heterocycles. The highest BCUT2D eigenvalue weighted by Gasteiger charge is 2.18. The van der Waals surface area contributed by atoms with E-state index in [0.717, 1.165) is 20.5 Å². The van der Waals surface area contributed by atoms with Crippen LogP contribution in [0.5, 0.6) is 0 Å². The Hall–Kier alpha value is -1.17. The average Bonchev–Trinajstić information content (AvgIpc) is 2.74. The van der Waals surface area contributed by atoms with E-state index in [1.807, 2.05) is 30.5 Å². The van der Waals surface area contributed by atoms with Crippen LogP contribution in [0.4, 0.5) is 10.7 Å². The largest absolute Gasteiger partial charge is 0.396 e. The fraction of sp³-hybridized carbons (Fsp3) is 0.214. The van der Waals surface area contributed by atoms with Crippen LogP contribution >= 0.6 is 34.7 Å². The van der Waals surface area contributed by atoms with Crippen LogP contribution in [0.25, 0.3) is 0 Å². The van der Waals surface area contributed by atoms with E-state index in [0.29, 0.717) is 17.1 Å². The predicted molar refractivity (Wildman–Crippen MR) is 89.3 cm³/mol. The molecule has 3 N–H and O–H groups in total. The number of Topliss-reactive ketones (excluding diaryl/α,β-unsaturated/α-hetero) is 1. The lowest BCUT2D eigenvalue weighted by Gasteiger charge is -2.07. The molecule has 20 heavy (non-hydrogen) atoms. The number of anilines is 2. The van der Waals surface area contributed by atoms with Crippen LogP contribution in [0.15, 0.2) is 29.2 Å². The van der Waals surface area contributed by atoms with Crippen molar-refractivity contribution in [1.29, 1.82) is 0 Å². The number of thiophene rings is 1. The van der Waals surface area contributed by atoms with Gasteiger partial charge in [0.2, 0.25) is 0 Å². The van der Waals surface area contributed by atoms with E-state index in [1.165, 1.54) is 30.0 Å². The summed E-state index contributed by atoms with van der Waals surface area (Å²) < 4.78 is 0. The molecular weight excluding hydrogens is 312 g/mol. The predicted octanol–water partition coefficient (Wildman–Crippen LogP) is 4.52. The molecule has 0 spiro atoms. The molecule has 106 valence electrons. The van der Waals surface area contributed by atoms with Crippen molar-refractivity contribution in [2.24, 2.45) is 0 Å². The molecule has 0 aliphatic carbocycles. The fourth-order valence-corrected chi connectivity index (χ4v) is 3.96. The number of benzene rings is 1. The van der Waals surface area contributed by atoms with Crippen molar-refractivity contribution < 1.29 is 4.79 Å². The van der Waals surface area contributed by atoms with E-state index < -0.39 is 0 Å². The third-order valence-electron chi connectivity index (χ3n) is 2.82. The maximum absolute atomic E-state index is 11.5. The molecule has 0 aliphatic heterocycles. The molecule has 0 amide bonds. The highest BCUT2D eigenvalue weighted by Crippen LogP contribution is 2.42. The van der Waals surface area contributed by atoms with Gasteiger partial charge >= 0.3 is 0 Å². The van der Waals surface area contributed by atoms with Crippen molar-refractivity contribution >= 4 is 51.2 Å². The van der Waals surface area contributed by atoms with Crippen molar-refractivity contribution in [3.8, 4) is 0 Å². The molecule has 0 fully saturated rings. The molecule has 0 saturated carbocycles. The summed E-state index contributed by atoms with van der Waals surface area (Å²) in [7, 11) is 0. The third kappa shape index (κ3) is 3.11. The number of rotatable bonds is 5. The Morgan fingerprint density at radius 3 is 2.75 bits per heavy atom. The zero-order valence-corrected chi connectivity index (χ0v) is 13.6. The van der Waals surface area contributed by atoms with Gasteiger partial charge in [0.25, 0.3) is 0 Å². The first-order chi connectivity index (χ1) is 9.54. The molecule has 2 rings (SSSR count). The summed E-state index contributed by atoms with van der Waals surface area (Å²) in [5, 5.41) is 4.96.